The average Bonchev–Trinajstić information content (AvgIpc) is 3.23. The van der Waals surface area contributed by atoms with Crippen LogP contribution in [0.25, 0.3) is 0 Å². The molecule has 3 saturated heterocycles. The van der Waals surface area contributed by atoms with Crippen molar-refractivity contribution in [1.82, 2.24) is 0 Å². The van der Waals surface area contributed by atoms with E-state index in [1.54, 1.807) is 12.1 Å². The predicted octanol–water partition coefficient (Wildman–Crippen LogP) is 1.04. The SMILES string of the molecule is O=C(OCc1ccc(F)cc1)O[C@H]1C[N+]2(CC(=O)c3cccs3)CCC1CC2.[Cl-]. The van der Waals surface area contributed by atoms with Gasteiger partial charge in [-0.25, -0.2) is 9.18 Å². The maximum atomic E-state index is 12.9. The lowest BCUT2D eigenvalue weighted by Gasteiger charge is -2.51. The van der Waals surface area contributed by atoms with Crippen molar-refractivity contribution in [1.29, 1.82) is 0 Å². The number of thiophene rings is 1. The summed E-state index contributed by atoms with van der Waals surface area (Å²) in [5.74, 6) is 0.160. The summed E-state index contributed by atoms with van der Waals surface area (Å²) >= 11 is 1.47. The first-order chi connectivity index (χ1) is 13.5. The molecule has 5 rings (SSSR count). The third kappa shape index (κ3) is 5.15. The number of ether oxygens (including phenoxy) is 2. The van der Waals surface area contributed by atoms with Gasteiger partial charge in [0, 0.05) is 18.8 Å². The van der Waals surface area contributed by atoms with Crippen molar-refractivity contribution in [2.45, 2.75) is 25.6 Å². The molecule has 156 valence electrons. The maximum Gasteiger partial charge on any atom is 0.509 e. The van der Waals surface area contributed by atoms with Gasteiger partial charge in [0.1, 0.15) is 25.5 Å². The standard InChI is InChI=1S/C21H23FNO4S.ClH/c22-17-5-3-15(4-6-17)14-26-21(25)27-19-13-23(9-7-16(19)8-10-23)12-18(24)20-2-1-11-28-20;/h1-6,11,16,19H,7-10,12-14H2;1H/q+1;/p-1/t16?,19-,23?;/m0./s1. The molecule has 0 aliphatic carbocycles. The molecule has 0 N–H and O–H groups in total. The molecule has 1 aromatic heterocycles. The highest BCUT2D eigenvalue weighted by Gasteiger charge is 2.48. The molecule has 5 nitrogen and oxygen atoms in total. The lowest BCUT2D eigenvalue weighted by atomic mass is 9.83. The fraction of sp³-hybridized carbons (Fsp3) is 0.429. The van der Waals surface area contributed by atoms with E-state index in [2.05, 4.69) is 0 Å². The second-order valence-electron chi connectivity index (χ2n) is 7.69. The van der Waals surface area contributed by atoms with E-state index in [-0.39, 0.29) is 36.7 Å². The number of ketones is 1. The molecule has 3 aliphatic heterocycles. The number of Topliss-reactive ketones (excluding diaryl/α,β-unsaturated/α-hetero) is 1. The molecular weight excluding hydrogens is 417 g/mol. The lowest BCUT2D eigenvalue weighted by molar-refractivity contribution is -0.938. The Morgan fingerprint density at radius 3 is 2.52 bits per heavy atom. The Kier molecular flexibility index (Phi) is 6.93. The molecule has 2 bridgehead atoms. The van der Waals surface area contributed by atoms with Gasteiger partial charge in [-0.05, 0) is 29.1 Å². The normalized spacial score (nSPS) is 25.1. The molecule has 3 aliphatic rings. The maximum absolute atomic E-state index is 12.9. The van der Waals surface area contributed by atoms with Crippen molar-refractivity contribution < 1.29 is 40.3 Å². The molecule has 0 saturated carbocycles. The number of carbonyl (C=O) groups is 2. The molecule has 1 aromatic carbocycles. The van der Waals surface area contributed by atoms with Crippen molar-refractivity contribution in [2.75, 3.05) is 26.2 Å². The highest BCUT2D eigenvalue weighted by molar-refractivity contribution is 7.12. The van der Waals surface area contributed by atoms with Crippen LogP contribution in [0.5, 0.6) is 0 Å². The molecule has 29 heavy (non-hydrogen) atoms. The second kappa shape index (κ2) is 9.24. The van der Waals surface area contributed by atoms with E-state index >= 15 is 0 Å². The predicted molar refractivity (Wildman–Crippen MR) is 103 cm³/mol. The van der Waals surface area contributed by atoms with Gasteiger partial charge in [-0.15, -0.1) is 11.3 Å². The number of halogens is 2. The van der Waals surface area contributed by atoms with Gasteiger partial charge in [0.05, 0.1) is 18.0 Å². The smallest absolute Gasteiger partial charge is 0.509 e. The fourth-order valence-electron chi connectivity index (χ4n) is 4.28. The summed E-state index contributed by atoms with van der Waals surface area (Å²) < 4.78 is 24.4. The summed E-state index contributed by atoms with van der Waals surface area (Å²) in [6, 6.07) is 9.57. The molecule has 4 heterocycles. The first kappa shape index (κ1) is 21.7. The highest BCUT2D eigenvalue weighted by Crippen LogP contribution is 2.36. The van der Waals surface area contributed by atoms with E-state index < -0.39 is 6.16 Å². The average molecular weight is 440 g/mol. The van der Waals surface area contributed by atoms with E-state index in [1.165, 1.54) is 23.5 Å². The molecule has 3 fully saturated rings. The molecule has 2 aromatic rings. The summed E-state index contributed by atoms with van der Waals surface area (Å²) in [5, 5.41) is 1.92. The summed E-state index contributed by atoms with van der Waals surface area (Å²) in [6.45, 7) is 3.07. The van der Waals surface area contributed by atoms with E-state index in [1.807, 2.05) is 17.5 Å². The third-order valence-electron chi connectivity index (χ3n) is 5.83. The molecule has 1 atom stereocenters. The molecule has 0 unspecified atom stereocenters. The van der Waals surface area contributed by atoms with Gasteiger partial charge < -0.3 is 26.4 Å². The number of fused-ring (bicyclic) bond motifs is 3. The Bertz CT molecular complexity index is 835. The van der Waals surface area contributed by atoms with Gasteiger partial charge in [0.15, 0.2) is 6.10 Å². The van der Waals surface area contributed by atoms with Gasteiger partial charge in [0.2, 0.25) is 5.78 Å². The minimum Gasteiger partial charge on any atom is -1.00 e. The zero-order valence-corrected chi connectivity index (χ0v) is 17.5. The van der Waals surface area contributed by atoms with Crippen LogP contribution in [-0.2, 0) is 16.1 Å². The van der Waals surface area contributed by atoms with Crippen molar-refractivity contribution in [3.8, 4) is 0 Å². The quantitative estimate of drug-likeness (QED) is 0.383. The van der Waals surface area contributed by atoms with E-state index in [4.69, 9.17) is 9.47 Å². The third-order valence-corrected chi connectivity index (χ3v) is 6.74. The summed E-state index contributed by atoms with van der Waals surface area (Å²) in [6.07, 6.45) is 0.978. The first-order valence-corrected chi connectivity index (χ1v) is 10.4. The van der Waals surface area contributed by atoms with Gasteiger partial charge in [-0.2, -0.15) is 0 Å². The number of carbonyl (C=O) groups excluding carboxylic acids is 2. The van der Waals surface area contributed by atoms with Crippen LogP contribution in [0, 0.1) is 11.7 Å². The fourth-order valence-corrected chi connectivity index (χ4v) is 4.93. The highest BCUT2D eigenvalue weighted by atomic mass is 35.5. The van der Waals surface area contributed by atoms with Crippen LogP contribution in [0.15, 0.2) is 41.8 Å². The minimum absolute atomic E-state index is 0. The van der Waals surface area contributed by atoms with Gasteiger partial charge in [-0.1, -0.05) is 18.2 Å². The van der Waals surface area contributed by atoms with Crippen LogP contribution < -0.4 is 12.4 Å². The first-order valence-electron chi connectivity index (χ1n) is 9.53. The van der Waals surface area contributed by atoms with E-state index in [0.717, 1.165) is 30.8 Å². The zero-order chi connectivity index (χ0) is 19.6. The van der Waals surface area contributed by atoms with Crippen LogP contribution in [0.4, 0.5) is 9.18 Å². The molecular formula is C21H23ClFNO4S. The van der Waals surface area contributed by atoms with Crippen molar-refractivity contribution in [3.05, 3.63) is 58.0 Å². The topological polar surface area (TPSA) is 52.6 Å². The lowest BCUT2D eigenvalue weighted by Crippen LogP contribution is -3.00. The Balaban J connectivity index is 0.00000240. The zero-order valence-electron chi connectivity index (χ0n) is 15.9. The largest absolute Gasteiger partial charge is 1.00 e. The van der Waals surface area contributed by atoms with Crippen LogP contribution >= 0.6 is 11.3 Å². The van der Waals surface area contributed by atoms with Gasteiger partial charge in [0.25, 0.3) is 0 Å². The molecule has 8 heteroatoms. The monoisotopic (exact) mass is 439 g/mol. The second-order valence-corrected chi connectivity index (χ2v) is 8.64. The number of quaternary nitrogens is 1. The van der Waals surface area contributed by atoms with Crippen molar-refractivity contribution in [3.63, 3.8) is 0 Å². The van der Waals surface area contributed by atoms with Gasteiger partial charge >= 0.3 is 6.16 Å². The number of nitrogens with zero attached hydrogens (tertiary/aromatic N) is 1. The number of benzene rings is 1. The Hall–Kier alpha value is -1.96. The van der Waals surface area contributed by atoms with E-state index in [9.17, 15) is 14.0 Å². The molecule has 0 amide bonds. The molecule has 0 radical (unpaired) electrons. The van der Waals surface area contributed by atoms with Crippen LogP contribution in [0.1, 0.15) is 28.1 Å². The van der Waals surface area contributed by atoms with Crippen LogP contribution in [0.3, 0.4) is 0 Å². The van der Waals surface area contributed by atoms with Crippen LogP contribution in [-0.4, -0.2) is 48.7 Å². The number of hydrogen-bond acceptors (Lipinski definition) is 5. The Morgan fingerprint density at radius 1 is 1.14 bits per heavy atom. The number of piperidine rings is 3. The van der Waals surface area contributed by atoms with Gasteiger partial charge in [-0.3, -0.25) is 4.79 Å². The molecule has 0 spiro atoms. The Morgan fingerprint density at radius 2 is 1.86 bits per heavy atom. The van der Waals surface area contributed by atoms with Crippen molar-refractivity contribution >= 4 is 23.3 Å². The summed E-state index contributed by atoms with van der Waals surface area (Å²) in [5.41, 5.74) is 0.706. The summed E-state index contributed by atoms with van der Waals surface area (Å²) in [7, 11) is 0. The number of hydrogen-bond donors (Lipinski definition) is 0. The Labute approximate surface area is 179 Å². The number of rotatable bonds is 6. The van der Waals surface area contributed by atoms with Crippen molar-refractivity contribution in [2.24, 2.45) is 5.92 Å². The van der Waals surface area contributed by atoms with Crippen LogP contribution in [0.2, 0.25) is 0 Å². The van der Waals surface area contributed by atoms with E-state index in [0.29, 0.717) is 29.1 Å². The summed E-state index contributed by atoms with van der Waals surface area (Å²) in [4.78, 5) is 25.5. The minimum atomic E-state index is -0.703.